The van der Waals surface area contributed by atoms with Crippen LogP contribution in [0.5, 0.6) is 0 Å². The van der Waals surface area contributed by atoms with Crippen molar-refractivity contribution in [2.24, 2.45) is 10.4 Å². The molecule has 2 rings (SSSR count). The number of methoxy groups -OCH3 is 1. The Morgan fingerprint density at radius 3 is 2.64 bits per heavy atom. The predicted octanol–water partition coefficient (Wildman–Crippen LogP) is 2.97. The third-order valence-corrected chi connectivity index (χ3v) is 5.48. The number of carbonyl (C=O) groups excluding carboxylic acids is 1. The Morgan fingerprint density at radius 1 is 1.25 bits per heavy atom. The molecule has 1 saturated carbocycles. The fourth-order valence-electron chi connectivity index (χ4n) is 3.79. The first kappa shape index (κ1) is 24.7. The van der Waals surface area contributed by atoms with Crippen molar-refractivity contribution in [2.45, 2.75) is 38.5 Å². The summed E-state index contributed by atoms with van der Waals surface area (Å²) < 4.78 is 5.31. The van der Waals surface area contributed by atoms with Crippen LogP contribution in [0, 0.1) is 5.41 Å². The fraction of sp³-hybridized carbons (Fsp3) is 0.619. The molecule has 6 nitrogen and oxygen atoms in total. The van der Waals surface area contributed by atoms with E-state index in [1.807, 2.05) is 24.3 Å². The fourth-order valence-corrected chi connectivity index (χ4v) is 3.79. The topological polar surface area (TPSA) is 74.8 Å². The van der Waals surface area contributed by atoms with E-state index in [0.717, 1.165) is 44.1 Å². The number of aliphatic imine (C=N–C) groups is 1. The van der Waals surface area contributed by atoms with Gasteiger partial charge in [-0.1, -0.05) is 25.0 Å². The van der Waals surface area contributed by atoms with Crippen molar-refractivity contribution in [3.63, 3.8) is 0 Å². The monoisotopic (exact) mass is 502 g/mol. The van der Waals surface area contributed by atoms with E-state index in [4.69, 9.17) is 4.74 Å². The Labute approximate surface area is 186 Å². The molecule has 3 N–H and O–H groups in total. The van der Waals surface area contributed by atoms with Crippen LogP contribution in [0.25, 0.3) is 0 Å². The number of amides is 1. The molecule has 0 heterocycles. The number of hydrogen-bond acceptors (Lipinski definition) is 3. The molecule has 28 heavy (non-hydrogen) atoms. The summed E-state index contributed by atoms with van der Waals surface area (Å²) in [5.74, 6) is 0.779. The van der Waals surface area contributed by atoms with Gasteiger partial charge in [0.15, 0.2) is 5.96 Å². The summed E-state index contributed by atoms with van der Waals surface area (Å²) in [4.78, 5) is 16.1. The molecule has 1 aromatic rings. The maximum absolute atomic E-state index is 11.7. The Balaban J connectivity index is 0.00000392. The van der Waals surface area contributed by atoms with Gasteiger partial charge in [0, 0.05) is 46.5 Å². The zero-order valence-corrected chi connectivity index (χ0v) is 19.7. The second kappa shape index (κ2) is 13.0. The van der Waals surface area contributed by atoms with Gasteiger partial charge in [0.1, 0.15) is 0 Å². The lowest BCUT2D eigenvalue weighted by Gasteiger charge is -2.30. The summed E-state index contributed by atoms with van der Waals surface area (Å²) in [7, 11) is 5.23. The Hall–Kier alpha value is -1.35. The number of nitrogens with zero attached hydrogens (tertiary/aromatic N) is 1. The summed E-state index contributed by atoms with van der Waals surface area (Å²) in [5, 5.41) is 9.55. The van der Waals surface area contributed by atoms with Crippen molar-refractivity contribution in [1.29, 1.82) is 0 Å². The van der Waals surface area contributed by atoms with Crippen LogP contribution in [-0.2, 0) is 11.2 Å². The second-order valence-corrected chi connectivity index (χ2v) is 7.33. The summed E-state index contributed by atoms with van der Waals surface area (Å²) in [5.41, 5.74) is 2.15. The average Bonchev–Trinajstić information content (AvgIpc) is 3.17. The van der Waals surface area contributed by atoms with Gasteiger partial charge in [-0.3, -0.25) is 9.79 Å². The molecule has 0 saturated heterocycles. The third-order valence-electron chi connectivity index (χ3n) is 5.48. The van der Waals surface area contributed by atoms with E-state index < -0.39 is 0 Å². The van der Waals surface area contributed by atoms with E-state index in [9.17, 15) is 4.79 Å². The van der Waals surface area contributed by atoms with E-state index in [1.165, 1.54) is 25.7 Å². The standard InChI is InChI=1S/C21H34N4O2.HI/c1-22-19(26)18-8-6-7-17(15-18)9-13-24-20(23-2)25-16-21(12-14-27-3)10-4-5-11-21;/h6-8,15H,4-5,9-14,16H2,1-3H3,(H,22,26)(H2,23,24,25);1H. The lowest BCUT2D eigenvalue weighted by atomic mass is 9.83. The number of benzene rings is 1. The van der Waals surface area contributed by atoms with Crippen LogP contribution in [0.15, 0.2) is 29.3 Å². The first-order valence-electron chi connectivity index (χ1n) is 9.87. The van der Waals surface area contributed by atoms with Gasteiger partial charge in [-0.05, 0) is 48.8 Å². The SMILES string of the molecule is CN=C(NCCc1cccc(C(=O)NC)c1)NCC1(CCOC)CCCC1.I. The molecule has 1 amide bonds. The minimum atomic E-state index is -0.0554. The molecule has 0 atom stereocenters. The van der Waals surface area contributed by atoms with Gasteiger partial charge in [0.2, 0.25) is 0 Å². The highest BCUT2D eigenvalue weighted by Gasteiger charge is 2.33. The molecule has 0 bridgehead atoms. The number of rotatable bonds is 9. The lowest BCUT2D eigenvalue weighted by Crippen LogP contribution is -2.43. The summed E-state index contributed by atoms with van der Waals surface area (Å²) >= 11 is 0. The van der Waals surface area contributed by atoms with Gasteiger partial charge in [-0.2, -0.15) is 0 Å². The molecule has 1 aliphatic rings. The molecule has 1 aliphatic carbocycles. The maximum Gasteiger partial charge on any atom is 0.251 e. The van der Waals surface area contributed by atoms with Crippen LogP contribution in [0.4, 0.5) is 0 Å². The number of nitrogens with one attached hydrogen (secondary N) is 3. The van der Waals surface area contributed by atoms with Gasteiger partial charge in [0.25, 0.3) is 5.91 Å². The van der Waals surface area contributed by atoms with Crippen molar-refractivity contribution in [2.75, 3.05) is 40.9 Å². The normalized spacial score (nSPS) is 15.6. The van der Waals surface area contributed by atoms with Crippen LogP contribution < -0.4 is 16.0 Å². The third kappa shape index (κ3) is 7.58. The Morgan fingerprint density at radius 2 is 2.00 bits per heavy atom. The van der Waals surface area contributed by atoms with Crippen LogP contribution in [0.1, 0.15) is 48.0 Å². The van der Waals surface area contributed by atoms with Crippen molar-refractivity contribution < 1.29 is 9.53 Å². The van der Waals surface area contributed by atoms with Gasteiger partial charge in [-0.15, -0.1) is 24.0 Å². The molecule has 158 valence electrons. The zero-order chi connectivity index (χ0) is 19.5. The first-order chi connectivity index (χ1) is 13.1. The minimum absolute atomic E-state index is 0. The summed E-state index contributed by atoms with van der Waals surface area (Å²) in [6.07, 6.45) is 7.05. The van der Waals surface area contributed by atoms with Gasteiger partial charge in [0.05, 0.1) is 0 Å². The Kier molecular flexibility index (Phi) is 11.4. The van der Waals surface area contributed by atoms with Crippen LogP contribution in [0.2, 0.25) is 0 Å². The van der Waals surface area contributed by atoms with Crippen LogP contribution in [0.3, 0.4) is 0 Å². The van der Waals surface area contributed by atoms with Crippen LogP contribution >= 0.6 is 24.0 Å². The van der Waals surface area contributed by atoms with Crippen molar-refractivity contribution in [1.82, 2.24) is 16.0 Å². The summed E-state index contributed by atoms with van der Waals surface area (Å²) in [6, 6.07) is 7.74. The van der Waals surface area contributed by atoms with Crippen molar-refractivity contribution >= 4 is 35.8 Å². The highest BCUT2D eigenvalue weighted by molar-refractivity contribution is 14.0. The minimum Gasteiger partial charge on any atom is -0.385 e. The molecular weight excluding hydrogens is 467 g/mol. The number of ether oxygens (including phenoxy) is 1. The molecule has 7 heteroatoms. The van der Waals surface area contributed by atoms with Crippen molar-refractivity contribution in [3.8, 4) is 0 Å². The zero-order valence-electron chi connectivity index (χ0n) is 17.3. The van der Waals surface area contributed by atoms with E-state index in [-0.39, 0.29) is 29.9 Å². The lowest BCUT2D eigenvalue weighted by molar-refractivity contribution is 0.0963. The number of hydrogen-bond donors (Lipinski definition) is 3. The molecule has 0 aliphatic heterocycles. The molecule has 0 unspecified atom stereocenters. The highest BCUT2D eigenvalue weighted by atomic mass is 127. The number of halogens is 1. The largest absolute Gasteiger partial charge is 0.385 e. The summed E-state index contributed by atoms with van der Waals surface area (Å²) in [6.45, 7) is 2.51. The highest BCUT2D eigenvalue weighted by Crippen LogP contribution is 2.40. The molecule has 0 spiro atoms. The van der Waals surface area contributed by atoms with Gasteiger partial charge in [-0.25, -0.2) is 0 Å². The van der Waals surface area contributed by atoms with Crippen molar-refractivity contribution in [3.05, 3.63) is 35.4 Å². The van der Waals surface area contributed by atoms with Crippen LogP contribution in [-0.4, -0.2) is 52.8 Å². The smallest absolute Gasteiger partial charge is 0.251 e. The first-order valence-corrected chi connectivity index (χ1v) is 9.87. The van der Waals surface area contributed by atoms with E-state index >= 15 is 0 Å². The number of guanidine groups is 1. The molecule has 1 aromatic carbocycles. The van der Waals surface area contributed by atoms with E-state index in [0.29, 0.717) is 11.0 Å². The average molecular weight is 502 g/mol. The molecule has 0 aromatic heterocycles. The molecule has 0 radical (unpaired) electrons. The van der Waals surface area contributed by atoms with E-state index in [2.05, 4.69) is 20.9 Å². The van der Waals surface area contributed by atoms with Gasteiger partial charge >= 0.3 is 0 Å². The molecule has 1 fully saturated rings. The predicted molar refractivity (Wildman–Crippen MR) is 126 cm³/mol. The molecular formula is C21H35IN4O2. The maximum atomic E-state index is 11.7. The second-order valence-electron chi connectivity index (χ2n) is 7.33. The Bertz CT molecular complexity index is 631. The van der Waals surface area contributed by atoms with E-state index in [1.54, 1.807) is 21.2 Å². The quantitative estimate of drug-likeness (QED) is 0.276. The van der Waals surface area contributed by atoms with Gasteiger partial charge < -0.3 is 20.7 Å². The number of carbonyl (C=O) groups is 1.